The Morgan fingerprint density at radius 3 is 2.45 bits per heavy atom. The molecule has 5 nitrogen and oxygen atoms in total. The number of aryl methyl sites for hydroxylation is 2. The van der Waals surface area contributed by atoms with Crippen molar-refractivity contribution >= 4 is 11.9 Å². The second kappa shape index (κ2) is 7.02. The first kappa shape index (κ1) is 15.9. The van der Waals surface area contributed by atoms with Gasteiger partial charge in [-0.05, 0) is 39.3 Å². The molecular weight excluding hydrogens is 276 g/mol. The zero-order valence-electron chi connectivity index (χ0n) is 13.5. The van der Waals surface area contributed by atoms with E-state index in [0.29, 0.717) is 18.2 Å². The first-order chi connectivity index (χ1) is 10.4. The summed E-state index contributed by atoms with van der Waals surface area (Å²) in [6, 6.07) is 9.97. The molecule has 0 aliphatic rings. The van der Waals surface area contributed by atoms with Crippen molar-refractivity contribution in [2.45, 2.75) is 40.3 Å². The third kappa shape index (κ3) is 4.55. The quantitative estimate of drug-likeness (QED) is 0.890. The number of hydrogen-bond donors (Lipinski definition) is 2. The Morgan fingerprint density at radius 2 is 1.82 bits per heavy atom. The first-order valence-corrected chi connectivity index (χ1v) is 7.40. The molecule has 0 aliphatic heterocycles. The van der Waals surface area contributed by atoms with E-state index in [-0.39, 0.29) is 11.9 Å². The van der Waals surface area contributed by atoms with Crippen molar-refractivity contribution in [3.63, 3.8) is 0 Å². The molecule has 22 heavy (non-hydrogen) atoms. The number of carbonyl (C=O) groups is 1. The van der Waals surface area contributed by atoms with Crippen LogP contribution in [0.2, 0.25) is 0 Å². The molecule has 0 unspecified atom stereocenters. The van der Waals surface area contributed by atoms with Crippen molar-refractivity contribution in [3.05, 3.63) is 52.8 Å². The summed E-state index contributed by atoms with van der Waals surface area (Å²) in [5.74, 6) is 0.286. The van der Waals surface area contributed by atoms with Crippen molar-refractivity contribution in [2.24, 2.45) is 0 Å². The first-order valence-electron chi connectivity index (χ1n) is 7.40. The summed E-state index contributed by atoms with van der Waals surface area (Å²) in [4.78, 5) is 20.8. The highest BCUT2D eigenvalue weighted by atomic mass is 16.1. The van der Waals surface area contributed by atoms with Gasteiger partial charge < -0.3 is 10.6 Å². The van der Waals surface area contributed by atoms with Crippen LogP contribution in [0.5, 0.6) is 0 Å². The topological polar surface area (TPSA) is 66.9 Å². The predicted octanol–water partition coefficient (Wildman–Crippen LogP) is 2.84. The number of nitrogens with zero attached hydrogens (tertiary/aromatic N) is 2. The highest BCUT2D eigenvalue weighted by molar-refractivity contribution is 5.92. The largest absolute Gasteiger partial charge is 0.352 e. The van der Waals surface area contributed by atoms with Crippen LogP contribution in [0, 0.1) is 13.8 Å². The Hall–Kier alpha value is -2.43. The minimum atomic E-state index is -0.196. The molecule has 2 rings (SSSR count). The molecule has 1 aromatic carbocycles. The molecule has 116 valence electrons. The predicted molar refractivity (Wildman–Crippen MR) is 87.9 cm³/mol. The third-order valence-electron chi connectivity index (χ3n) is 3.08. The average Bonchev–Trinajstić information content (AvgIpc) is 2.45. The van der Waals surface area contributed by atoms with Crippen LogP contribution in [0.25, 0.3) is 0 Å². The Bertz CT molecular complexity index is 650. The van der Waals surface area contributed by atoms with E-state index in [9.17, 15) is 4.79 Å². The second-order valence-electron chi connectivity index (χ2n) is 5.69. The molecule has 0 radical (unpaired) electrons. The molecule has 0 bridgehead atoms. The van der Waals surface area contributed by atoms with Gasteiger partial charge in [0.05, 0.1) is 0 Å². The zero-order valence-corrected chi connectivity index (χ0v) is 13.5. The lowest BCUT2D eigenvalue weighted by Gasteiger charge is -2.11. The highest BCUT2D eigenvalue weighted by Crippen LogP contribution is 2.07. The Labute approximate surface area is 131 Å². The van der Waals surface area contributed by atoms with Gasteiger partial charge >= 0.3 is 0 Å². The number of carbonyl (C=O) groups excluding carboxylic acids is 1. The van der Waals surface area contributed by atoms with Gasteiger partial charge in [0.15, 0.2) is 0 Å². The van der Waals surface area contributed by atoms with Gasteiger partial charge in [0, 0.05) is 18.3 Å². The van der Waals surface area contributed by atoms with E-state index in [1.165, 1.54) is 5.56 Å². The minimum absolute atomic E-state index is 0.196. The molecule has 0 fully saturated rings. The molecule has 0 aliphatic carbocycles. The number of nitrogens with one attached hydrogen (secondary N) is 2. The van der Waals surface area contributed by atoms with Gasteiger partial charge in [0.25, 0.3) is 5.91 Å². The molecular formula is C17H22N4O. The molecule has 1 aromatic heterocycles. The van der Waals surface area contributed by atoms with Crippen LogP contribution in [0.4, 0.5) is 5.95 Å². The second-order valence-corrected chi connectivity index (χ2v) is 5.69. The standard InChI is InChI=1S/C17H22N4O/c1-11(2)19-17-20-13(4)9-15(21-17)16(22)18-10-14-7-5-12(3)6-8-14/h5-9,11H,10H2,1-4H3,(H,18,22)(H,19,20,21). The molecule has 2 aromatic rings. The SMILES string of the molecule is Cc1ccc(CNC(=O)c2cc(C)nc(NC(C)C)n2)cc1. The summed E-state index contributed by atoms with van der Waals surface area (Å²) >= 11 is 0. The van der Waals surface area contributed by atoms with Crippen molar-refractivity contribution in [2.75, 3.05) is 5.32 Å². The number of amides is 1. The van der Waals surface area contributed by atoms with E-state index in [4.69, 9.17) is 0 Å². The lowest BCUT2D eigenvalue weighted by molar-refractivity contribution is 0.0945. The van der Waals surface area contributed by atoms with Crippen LogP contribution in [0.1, 0.15) is 41.2 Å². The summed E-state index contributed by atoms with van der Waals surface area (Å²) in [5.41, 5.74) is 3.40. The molecule has 1 heterocycles. The summed E-state index contributed by atoms with van der Waals surface area (Å²) in [6.07, 6.45) is 0. The minimum Gasteiger partial charge on any atom is -0.352 e. The average molecular weight is 298 g/mol. The van der Waals surface area contributed by atoms with Gasteiger partial charge in [-0.3, -0.25) is 4.79 Å². The Balaban J connectivity index is 2.05. The van der Waals surface area contributed by atoms with Gasteiger partial charge in [0.2, 0.25) is 5.95 Å². The lowest BCUT2D eigenvalue weighted by Crippen LogP contribution is -2.25. The summed E-state index contributed by atoms with van der Waals surface area (Å²) in [6.45, 7) is 8.37. The summed E-state index contributed by atoms with van der Waals surface area (Å²) < 4.78 is 0. The van der Waals surface area contributed by atoms with E-state index in [1.54, 1.807) is 6.07 Å². The fourth-order valence-electron chi connectivity index (χ4n) is 1.99. The van der Waals surface area contributed by atoms with E-state index in [0.717, 1.165) is 11.3 Å². The normalized spacial score (nSPS) is 10.6. The van der Waals surface area contributed by atoms with Crippen molar-refractivity contribution < 1.29 is 4.79 Å². The third-order valence-corrected chi connectivity index (χ3v) is 3.08. The monoisotopic (exact) mass is 298 g/mol. The number of anilines is 1. The Morgan fingerprint density at radius 1 is 1.14 bits per heavy atom. The summed E-state index contributed by atoms with van der Waals surface area (Å²) in [5, 5.41) is 6.00. The van der Waals surface area contributed by atoms with Gasteiger partial charge in [-0.1, -0.05) is 29.8 Å². The van der Waals surface area contributed by atoms with Crippen LogP contribution >= 0.6 is 0 Å². The van der Waals surface area contributed by atoms with Crippen LogP contribution in [0.3, 0.4) is 0 Å². The van der Waals surface area contributed by atoms with Crippen LogP contribution < -0.4 is 10.6 Å². The van der Waals surface area contributed by atoms with E-state index in [2.05, 4.69) is 20.6 Å². The molecule has 0 saturated heterocycles. The maximum absolute atomic E-state index is 12.2. The number of rotatable bonds is 5. The number of hydrogen-bond acceptors (Lipinski definition) is 4. The molecule has 0 spiro atoms. The van der Waals surface area contributed by atoms with Gasteiger partial charge in [-0.25, -0.2) is 9.97 Å². The molecule has 5 heteroatoms. The fourth-order valence-corrected chi connectivity index (χ4v) is 1.99. The summed E-state index contributed by atoms with van der Waals surface area (Å²) in [7, 11) is 0. The maximum Gasteiger partial charge on any atom is 0.270 e. The van der Waals surface area contributed by atoms with E-state index in [1.807, 2.05) is 52.0 Å². The fraction of sp³-hybridized carbons (Fsp3) is 0.353. The highest BCUT2D eigenvalue weighted by Gasteiger charge is 2.11. The van der Waals surface area contributed by atoms with Gasteiger partial charge in [-0.2, -0.15) is 0 Å². The molecule has 2 N–H and O–H groups in total. The number of aromatic nitrogens is 2. The lowest BCUT2D eigenvalue weighted by atomic mass is 10.1. The van der Waals surface area contributed by atoms with Crippen LogP contribution in [0.15, 0.2) is 30.3 Å². The molecule has 1 amide bonds. The molecule has 0 atom stereocenters. The van der Waals surface area contributed by atoms with Gasteiger partial charge in [-0.15, -0.1) is 0 Å². The smallest absolute Gasteiger partial charge is 0.270 e. The van der Waals surface area contributed by atoms with E-state index >= 15 is 0 Å². The van der Waals surface area contributed by atoms with Crippen molar-refractivity contribution in [3.8, 4) is 0 Å². The van der Waals surface area contributed by atoms with Crippen LogP contribution in [-0.4, -0.2) is 21.9 Å². The van der Waals surface area contributed by atoms with E-state index < -0.39 is 0 Å². The molecule has 0 saturated carbocycles. The zero-order chi connectivity index (χ0) is 16.1. The number of benzene rings is 1. The van der Waals surface area contributed by atoms with Crippen molar-refractivity contribution in [1.82, 2.24) is 15.3 Å². The van der Waals surface area contributed by atoms with Crippen molar-refractivity contribution in [1.29, 1.82) is 0 Å². The van der Waals surface area contributed by atoms with Crippen LogP contribution in [-0.2, 0) is 6.54 Å². The maximum atomic E-state index is 12.2. The van der Waals surface area contributed by atoms with Gasteiger partial charge in [0.1, 0.15) is 5.69 Å². The Kier molecular flexibility index (Phi) is 5.09.